The second-order valence-electron chi connectivity index (χ2n) is 13.2. The summed E-state index contributed by atoms with van der Waals surface area (Å²) in [6, 6.07) is 0. The van der Waals surface area contributed by atoms with Gasteiger partial charge in [-0.15, -0.1) is 0 Å². The molecule has 0 saturated carbocycles. The van der Waals surface area contributed by atoms with Crippen molar-refractivity contribution in [2.24, 2.45) is 0 Å². The second-order valence-corrected chi connectivity index (χ2v) is 14.7. The van der Waals surface area contributed by atoms with Crippen LogP contribution in [-0.4, -0.2) is 70.0 Å². The van der Waals surface area contributed by atoms with Gasteiger partial charge in [-0.05, 0) is 12.8 Å². The lowest BCUT2D eigenvalue weighted by Crippen LogP contribution is -2.37. The molecule has 0 bridgehead atoms. The molecule has 0 N–H and O–H groups in total. The number of ether oxygens (including phenoxy) is 2. The molecule has 0 aromatic rings. The molecule has 0 aromatic carbocycles. The fourth-order valence-electron chi connectivity index (χ4n) is 4.81. The van der Waals surface area contributed by atoms with Crippen LogP contribution in [0.25, 0.3) is 0 Å². The number of hydrogen-bond donors (Lipinski definition) is 0. The number of quaternary nitrogens is 1. The van der Waals surface area contributed by atoms with Crippen molar-refractivity contribution in [2.75, 3.05) is 47.5 Å². The van der Waals surface area contributed by atoms with Crippen molar-refractivity contribution in [3.63, 3.8) is 0 Å². The van der Waals surface area contributed by atoms with Gasteiger partial charge in [-0.25, -0.2) is 0 Å². The minimum absolute atomic E-state index is 0.0282. The summed E-state index contributed by atoms with van der Waals surface area (Å²) in [5.74, 6) is -0.888. The molecule has 0 rings (SSSR count). The van der Waals surface area contributed by atoms with Gasteiger partial charge in [0.05, 0.1) is 27.7 Å². The summed E-state index contributed by atoms with van der Waals surface area (Å²) in [5.41, 5.74) is 0. The number of phosphoric acid groups is 1. The monoisotopic (exact) mass is 649 g/mol. The Labute approximate surface area is 270 Å². The standard InChI is InChI=1S/C34H68NO8P/c1-6-8-9-10-11-12-13-14-15-16-17-18-19-20-21-22-23-24-25-27-34(37)43-32(30-40-33(36)26-7-2)31-42-44(38,39)41-29-28-35(3,4)5/h32H,6-31H2,1-5H3. The summed E-state index contributed by atoms with van der Waals surface area (Å²) in [5, 5.41) is 0. The Morgan fingerprint density at radius 3 is 1.50 bits per heavy atom. The first-order valence-electron chi connectivity index (χ1n) is 17.7. The molecule has 0 spiro atoms. The first-order valence-corrected chi connectivity index (χ1v) is 19.2. The number of rotatable bonds is 32. The van der Waals surface area contributed by atoms with Crippen LogP contribution in [0.15, 0.2) is 0 Å². The van der Waals surface area contributed by atoms with Gasteiger partial charge in [-0.1, -0.05) is 129 Å². The van der Waals surface area contributed by atoms with E-state index in [1.165, 1.54) is 103 Å². The minimum Gasteiger partial charge on any atom is -0.756 e. The van der Waals surface area contributed by atoms with Gasteiger partial charge < -0.3 is 27.9 Å². The van der Waals surface area contributed by atoms with Gasteiger partial charge in [0, 0.05) is 12.8 Å². The molecular weight excluding hydrogens is 581 g/mol. The Hall–Kier alpha value is -0.990. The Balaban J connectivity index is 3.99. The van der Waals surface area contributed by atoms with Crippen LogP contribution in [0.2, 0.25) is 0 Å². The fraction of sp³-hybridized carbons (Fsp3) is 0.941. The van der Waals surface area contributed by atoms with Crippen molar-refractivity contribution in [2.45, 2.75) is 161 Å². The van der Waals surface area contributed by atoms with Crippen molar-refractivity contribution < 1.29 is 42.1 Å². The third-order valence-corrected chi connectivity index (χ3v) is 8.56. The van der Waals surface area contributed by atoms with Gasteiger partial charge >= 0.3 is 11.9 Å². The zero-order valence-corrected chi connectivity index (χ0v) is 30.0. The van der Waals surface area contributed by atoms with Crippen LogP contribution in [-0.2, 0) is 32.7 Å². The molecule has 0 heterocycles. The maximum atomic E-state index is 12.4. The number of carbonyl (C=O) groups is 2. The number of nitrogens with zero attached hydrogens (tertiary/aromatic N) is 1. The van der Waals surface area contributed by atoms with E-state index in [4.69, 9.17) is 18.5 Å². The molecule has 0 radical (unpaired) electrons. The third-order valence-electron chi connectivity index (χ3n) is 7.60. The highest BCUT2D eigenvalue weighted by atomic mass is 31.2. The highest BCUT2D eigenvalue weighted by Crippen LogP contribution is 2.38. The lowest BCUT2D eigenvalue weighted by Gasteiger charge is -2.28. The summed E-state index contributed by atoms with van der Waals surface area (Å²) < 4.78 is 33.1. The largest absolute Gasteiger partial charge is 0.756 e. The van der Waals surface area contributed by atoms with Gasteiger partial charge in [-0.2, -0.15) is 0 Å². The van der Waals surface area contributed by atoms with Crippen molar-refractivity contribution in [3.8, 4) is 0 Å². The Morgan fingerprint density at radius 1 is 0.614 bits per heavy atom. The molecule has 0 aliphatic heterocycles. The normalized spacial score (nSPS) is 13.9. The maximum Gasteiger partial charge on any atom is 0.306 e. The van der Waals surface area contributed by atoms with Crippen molar-refractivity contribution in [1.29, 1.82) is 0 Å². The molecule has 2 atom stereocenters. The molecule has 0 saturated heterocycles. The zero-order valence-electron chi connectivity index (χ0n) is 29.1. The summed E-state index contributed by atoms with van der Waals surface area (Å²) in [4.78, 5) is 36.3. The molecule has 44 heavy (non-hydrogen) atoms. The molecule has 262 valence electrons. The van der Waals surface area contributed by atoms with Gasteiger partial charge in [0.25, 0.3) is 7.82 Å². The van der Waals surface area contributed by atoms with Crippen molar-refractivity contribution in [1.82, 2.24) is 0 Å². The number of hydrogen-bond acceptors (Lipinski definition) is 8. The van der Waals surface area contributed by atoms with E-state index in [0.29, 0.717) is 23.9 Å². The Morgan fingerprint density at radius 2 is 1.07 bits per heavy atom. The lowest BCUT2D eigenvalue weighted by molar-refractivity contribution is -0.870. The minimum atomic E-state index is -4.59. The fourth-order valence-corrected chi connectivity index (χ4v) is 5.54. The van der Waals surface area contributed by atoms with Crippen LogP contribution in [0.1, 0.15) is 155 Å². The lowest BCUT2D eigenvalue weighted by atomic mass is 10.0. The average Bonchev–Trinajstić information content (AvgIpc) is 2.95. The van der Waals surface area contributed by atoms with E-state index >= 15 is 0 Å². The van der Waals surface area contributed by atoms with Gasteiger partial charge in [0.15, 0.2) is 6.10 Å². The smallest absolute Gasteiger partial charge is 0.306 e. The average molecular weight is 650 g/mol. The summed E-state index contributed by atoms with van der Waals surface area (Å²) >= 11 is 0. The molecule has 0 fully saturated rings. The highest BCUT2D eigenvalue weighted by molar-refractivity contribution is 7.45. The van der Waals surface area contributed by atoms with Gasteiger partial charge in [0.2, 0.25) is 0 Å². The van der Waals surface area contributed by atoms with Crippen LogP contribution in [0.3, 0.4) is 0 Å². The van der Waals surface area contributed by atoms with E-state index in [1.54, 1.807) is 0 Å². The second kappa shape index (κ2) is 28.3. The van der Waals surface area contributed by atoms with Gasteiger partial charge in [-0.3, -0.25) is 14.2 Å². The van der Waals surface area contributed by atoms with E-state index in [-0.39, 0.29) is 26.1 Å². The van der Waals surface area contributed by atoms with Crippen molar-refractivity contribution in [3.05, 3.63) is 0 Å². The Kier molecular flexibility index (Phi) is 27.6. The molecule has 0 amide bonds. The van der Waals surface area contributed by atoms with Crippen molar-refractivity contribution >= 4 is 19.8 Å². The van der Waals surface area contributed by atoms with Crippen LogP contribution in [0.4, 0.5) is 0 Å². The zero-order chi connectivity index (χ0) is 32.9. The van der Waals surface area contributed by atoms with Crippen LogP contribution < -0.4 is 4.89 Å². The molecule has 0 aliphatic carbocycles. The van der Waals surface area contributed by atoms with Crippen LogP contribution >= 0.6 is 7.82 Å². The number of carbonyl (C=O) groups excluding carboxylic acids is 2. The summed E-state index contributed by atoms with van der Waals surface area (Å²) in [6.07, 6.45) is 24.4. The topological polar surface area (TPSA) is 111 Å². The molecular formula is C34H68NO8P. The third kappa shape index (κ3) is 31.0. The Bertz CT molecular complexity index is 743. The summed E-state index contributed by atoms with van der Waals surface area (Å²) in [7, 11) is 1.17. The SMILES string of the molecule is CCCCCCCCCCCCCCCCCCCCCC(=O)OC(COC(=O)CCC)COP(=O)([O-])OCC[N+](C)(C)C. The number of unbranched alkanes of at least 4 members (excludes halogenated alkanes) is 18. The number of esters is 2. The van der Waals surface area contributed by atoms with E-state index in [9.17, 15) is 19.0 Å². The number of phosphoric ester groups is 1. The van der Waals surface area contributed by atoms with E-state index in [1.807, 2.05) is 28.1 Å². The van der Waals surface area contributed by atoms with E-state index < -0.39 is 32.5 Å². The predicted octanol–water partition coefficient (Wildman–Crippen LogP) is 8.27. The predicted molar refractivity (Wildman–Crippen MR) is 176 cm³/mol. The summed E-state index contributed by atoms with van der Waals surface area (Å²) in [6.45, 7) is 3.84. The quantitative estimate of drug-likeness (QED) is 0.0310. The molecule has 0 aromatic heterocycles. The van der Waals surface area contributed by atoms with E-state index in [2.05, 4.69) is 6.92 Å². The highest BCUT2D eigenvalue weighted by Gasteiger charge is 2.21. The first kappa shape index (κ1) is 43.0. The first-order chi connectivity index (χ1) is 21.0. The molecule has 0 aliphatic rings. The molecule has 2 unspecified atom stereocenters. The van der Waals surface area contributed by atoms with E-state index in [0.717, 1.165) is 12.8 Å². The number of likely N-dealkylation sites (N-methyl/N-ethyl adjacent to an activating group) is 1. The molecule has 10 heteroatoms. The van der Waals surface area contributed by atoms with Crippen LogP contribution in [0, 0.1) is 0 Å². The van der Waals surface area contributed by atoms with Gasteiger partial charge in [0.1, 0.15) is 19.8 Å². The molecule has 9 nitrogen and oxygen atoms in total. The van der Waals surface area contributed by atoms with Crippen LogP contribution in [0.5, 0.6) is 0 Å². The maximum absolute atomic E-state index is 12.4.